The Balaban J connectivity index is 1.75. The van der Waals surface area contributed by atoms with E-state index in [4.69, 9.17) is 4.74 Å². The molecule has 1 N–H and O–H groups in total. The summed E-state index contributed by atoms with van der Waals surface area (Å²) in [5.41, 5.74) is 2.26. The molecule has 0 amide bonds. The Morgan fingerprint density at radius 2 is 1.86 bits per heavy atom. The second-order valence-electron chi connectivity index (χ2n) is 6.21. The SMILES string of the molecule is CCCCCCCCCC(O)c1cccc2c1OCCC2. The minimum atomic E-state index is -0.367. The zero-order valence-electron chi connectivity index (χ0n) is 13.4. The van der Waals surface area contributed by atoms with E-state index in [2.05, 4.69) is 19.1 Å². The van der Waals surface area contributed by atoms with Gasteiger partial charge >= 0.3 is 0 Å². The van der Waals surface area contributed by atoms with Gasteiger partial charge in [-0.05, 0) is 24.8 Å². The van der Waals surface area contributed by atoms with Gasteiger partial charge < -0.3 is 9.84 Å². The second kappa shape index (κ2) is 9.09. The molecule has 0 bridgehead atoms. The standard InChI is InChI=1S/C19H30O2/c1-2-3-4-5-6-7-8-14-18(20)17-13-9-11-16-12-10-15-21-19(16)17/h9,11,13,18,20H,2-8,10,12,14-15H2,1H3. The molecule has 1 atom stereocenters. The molecule has 2 rings (SSSR count). The van der Waals surface area contributed by atoms with Crippen LogP contribution in [0.5, 0.6) is 5.75 Å². The number of hydrogen-bond donors (Lipinski definition) is 1. The summed E-state index contributed by atoms with van der Waals surface area (Å²) in [7, 11) is 0. The van der Waals surface area contributed by atoms with Crippen molar-refractivity contribution in [1.82, 2.24) is 0 Å². The molecule has 118 valence electrons. The zero-order valence-corrected chi connectivity index (χ0v) is 13.4. The molecule has 0 fully saturated rings. The van der Waals surface area contributed by atoms with Gasteiger partial charge in [0, 0.05) is 5.56 Å². The van der Waals surface area contributed by atoms with Gasteiger partial charge in [-0.25, -0.2) is 0 Å². The van der Waals surface area contributed by atoms with E-state index in [0.717, 1.165) is 43.6 Å². The number of aryl methyl sites for hydroxylation is 1. The van der Waals surface area contributed by atoms with Gasteiger partial charge in [-0.1, -0.05) is 70.1 Å². The Morgan fingerprint density at radius 1 is 1.10 bits per heavy atom. The summed E-state index contributed by atoms with van der Waals surface area (Å²) in [6.45, 7) is 3.03. The summed E-state index contributed by atoms with van der Waals surface area (Å²) in [6.07, 6.45) is 11.7. The predicted octanol–water partition coefficient (Wildman–Crippen LogP) is 5.19. The molecule has 2 heteroatoms. The molecule has 1 heterocycles. The number of aliphatic hydroxyl groups is 1. The second-order valence-corrected chi connectivity index (χ2v) is 6.21. The number of hydrogen-bond acceptors (Lipinski definition) is 2. The van der Waals surface area contributed by atoms with Crippen molar-refractivity contribution >= 4 is 0 Å². The number of rotatable bonds is 9. The molecule has 0 spiro atoms. The third kappa shape index (κ3) is 5.03. The monoisotopic (exact) mass is 290 g/mol. The molecule has 21 heavy (non-hydrogen) atoms. The van der Waals surface area contributed by atoms with Crippen LogP contribution in [0.25, 0.3) is 0 Å². The van der Waals surface area contributed by atoms with Crippen LogP contribution in [0.4, 0.5) is 0 Å². The van der Waals surface area contributed by atoms with E-state index in [1.807, 2.05) is 6.07 Å². The number of fused-ring (bicyclic) bond motifs is 1. The van der Waals surface area contributed by atoms with Crippen molar-refractivity contribution in [1.29, 1.82) is 0 Å². The Morgan fingerprint density at radius 3 is 2.67 bits per heavy atom. The van der Waals surface area contributed by atoms with Crippen LogP contribution in [0, 0.1) is 0 Å². The van der Waals surface area contributed by atoms with Crippen molar-refractivity contribution in [3.05, 3.63) is 29.3 Å². The first-order valence-electron chi connectivity index (χ1n) is 8.75. The van der Waals surface area contributed by atoms with Crippen LogP contribution < -0.4 is 4.74 Å². The van der Waals surface area contributed by atoms with Crippen LogP contribution in [0.2, 0.25) is 0 Å². The molecule has 0 radical (unpaired) electrons. The lowest BCUT2D eigenvalue weighted by atomic mass is 9.96. The summed E-state index contributed by atoms with van der Waals surface area (Å²) in [4.78, 5) is 0. The maximum atomic E-state index is 10.4. The first kappa shape index (κ1) is 16.4. The van der Waals surface area contributed by atoms with Gasteiger partial charge in [0.25, 0.3) is 0 Å². The lowest BCUT2D eigenvalue weighted by Gasteiger charge is -2.22. The number of benzene rings is 1. The predicted molar refractivity (Wildman–Crippen MR) is 87.8 cm³/mol. The molecule has 0 aromatic heterocycles. The Kier molecular flexibility index (Phi) is 7.08. The highest BCUT2D eigenvalue weighted by atomic mass is 16.5. The normalized spacial score (nSPS) is 15.3. The van der Waals surface area contributed by atoms with Crippen LogP contribution in [0.1, 0.15) is 81.9 Å². The van der Waals surface area contributed by atoms with Gasteiger partial charge in [-0.3, -0.25) is 0 Å². The molecule has 0 saturated carbocycles. The first-order chi connectivity index (χ1) is 10.3. The lowest BCUT2D eigenvalue weighted by Crippen LogP contribution is -2.12. The molecule has 1 unspecified atom stereocenters. The largest absolute Gasteiger partial charge is 0.493 e. The highest BCUT2D eigenvalue weighted by molar-refractivity contribution is 5.43. The van der Waals surface area contributed by atoms with E-state index in [1.165, 1.54) is 44.1 Å². The number of ether oxygens (including phenoxy) is 1. The molecule has 1 aliphatic heterocycles. The Hall–Kier alpha value is -1.02. The quantitative estimate of drug-likeness (QED) is 0.634. The number of unbranched alkanes of at least 4 members (excludes halogenated alkanes) is 6. The van der Waals surface area contributed by atoms with Gasteiger partial charge in [0.2, 0.25) is 0 Å². The zero-order chi connectivity index (χ0) is 14.9. The van der Waals surface area contributed by atoms with Crippen LogP contribution >= 0.6 is 0 Å². The molecule has 0 aliphatic carbocycles. The summed E-state index contributed by atoms with van der Waals surface area (Å²) in [6, 6.07) is 6.20. The van der Waals surface area contributed by atoms with Gasteiger partial charge in [0.1, 0.15) is 5.75 Å². The number of aliphatic hydroxyl groups excluding tert-OH is 1. The maximum Gasteiger partial charge on any atom is 0.128 e. The average molecular weight is 290 g/mol. The van der Waals surface area contributed by atoms with E-state index in [9.17, 15) is 5.11 Å². The van der Waals surface area contributed by atoms with Gasteiger partial charge in [-0.2, -0.15) is 0 Å². The molecule has 1 aliphatic rings. The average Bonchev–Trinajstić information content (AvgIpc) is 2.53. The summed E-state index contributed by atoms with van der Waals surface area (Å²) < 4.78 is 5.79. The van der Waals surface area contributed by atoms with Crippen molar-refractivity contribution in [2.75, 3.05) is 6.61 Å². The smallest absolute Gasteiger partial charge is 0.128 e. The van der Waals surface area contributed by atoms with E-state index in [0.29, 0.717) is 0 Å². The Bertz CT molecular complexity index is 414. The first-order valence-corrected chi connectivity index (χ1v) is 8.75. The van der Waals surface area contributed by atoms with Crippen molar-refractivity contribution in [3.8, 4) is 5.75 Å². The van der Waals surface area contributed by atoms with Crippen molar-refractivity contribution in [2.24, 2.45) is 0 Å². The van der Waals surface area contributed by atoms with Crippen LogP contribution in [0.15, 0.2) is 18.2 Å². The fourth-order valence-corrected chi connectivity index (χ4v) is 3.13. The molecule has 1 aromatic carbocycles. The minimum absolute atomic E-state index is 0.367. The summed E-state index contributed by atoms with van der Waals surface area (Å²) >= 11 is 0. The van der Waals surface area contributed by atoms with Crippen molar-refractivity contribution < 1.29 is 9.84 Å². The third-order valence-electron chi connectivity index (χ3n) is 4.40. The lowest BCUT2D eigenvalue weighted by molar-refractivity contribution is 0.155. The third-order valence-corrected chi connectivity index (χ3v) is 4.40. The van der Waals surface area contributed by atoms with Crippen LogP contribution in [-0.2, 0) is 6.42 Å². The van der Waals surface area contributed by atoms with Crippen LogP contribution in [0.3, 0.4) is 0 Å². The van der Waals surface area contributed by atoms with Crippen molar-refractivity contribution in [2.45, 2.75) is 77.2 Å². The highest BCUT2D eigenvalue weighted by Crippen LogP contribution is 2.34. The topological polar surface area (TPSA) is 29.5 Å². The summed E-state index contributed by atoms with van der Waals surface area (Å²) in [5, 5.41) is 10.4. The molecule has 1 aromatic rings. The van der Waals surface area contributed by atoms with Crippen LogP contribution in [-0.4, -0.2) is 11.7 Å². The molecular weight excluding hydrogens is 260 g/mol. The van der Waals surface area contributed by atoms with Gasteiger partial charge in [0.15, 0.2) is 0 Å². The highest BCUT2D eigenvalue weighted by Gasteiger charge is 2.18. The van der Waals surface area contributed by atoms with E-state index < -0.39 is 0 Å². The fourth-order valence-electron chi connectivity index (χ4n) is 3.13. The van der Waals surface area contributed by atoms with Crippen molar-refractivity contribution in [3.63, 3.8) is 0 Å². The minimum Gasteiger partial charge on any atom is -0.493 e. The number of para-hydroxylation sites is 1. The van der Waals surface area contributed by atoms with Gasteiger partial charge in [0.05, 0.1) is 12.7 Å². The molecule has 0 saturated heterocycles. The van der Waals surface area contributed by atoms with E-state index in [-0.39, 0.29) is 6.10 Å². The Labute approximate surface area is 129 Å². The molecular formula is C19H30O2. The van der Waals surface area contributed by atoms with E-state index >= 15 is 0 Å². The van der Waals surface area contributed by atoms with Gasteiger partial charge in [-0.15, -0.1) is 0 Å². The molecule has 2 nitrogen and oxygen atoms in total. The van der Waals surface area contributed by atoms with E-state index in [1.54, 1.807) is 0 Å². The fraction of sp³-hybridized carbons (Fsp3) is 0.684. The summed E-state index contributed by atoms with van der Waals surface area (Å²) in [5.74, 6) is 0.958. The maximum absolute atomic E-state index is 10.4.